The zero-order chi connectivity index (χ0) is 12.0. The minimum atomic E-state index is -0.996. The molecule has 1 atom stereocenters. The summed E-state index contributed by atoms with van der Waals surface area (Å²) in [6, 6.07) is 6.29. The van der Waals surface area contributed by atoms with Crippen LogP contribution in [-0.4, -0.2) is 27.9 Å². The maximum Gasteiger partial charge on any atom is 0.335 e. The van der Waals surface area contributed by atoms with Crippen LogP contribution in [0.2, 0.25) is 0 Å². The zero-order valence-corrected chi connectivity index (χ0v) is 8.97. The molecule has 1 unspecified atom stereocenters. The molecule has 0 heterocycles. The first kappa shape index (κ1) is 12.7. The summed E-state index contributed by atoms with van der Waals surface area (Å²) in [6.07, 6.45) is 1.24. The van der Waals surface area contributed by atoms with Crippen molar-refractivity contribution in [3.8, 4) is 0 Å². The van der Waals surface area contributed by atoms with E-state index >= 15 is 0 Å². The largest absolute Gasteiger partial charge is 0.478 e. The number of unbranched alkanes of at least 4 members (excludes halogenated alkanes) is 1. The Morgan fingerprint density at radius 2 is 2.06 bits per heavy atom. The Morgan fingerprint density at radius 1 is 1.31 bits per heavy atom. The molecule has 0 aliphatic heterocycles. The van der Waals surface area contributed by atoms with Crippen molar-refractivity contribution < 1.29 is 20.1 Å². The highest BCUT2D eigenvalue weighted by Gasteiger charge is 2.09. The molecular formula is C12H16O4. The lowest BCUT2D eigenvalue weighted by Crippen LogP contribution is -2.02. The summed E-state index contributed by atoms with van der Waals surface area (Å²) < 4.78 is 0. The Bertz CT molecular complexity index is 349. The van der Waals surface area contributed by atoms with Crippen LogP contribution in [0.1, 0.15) is 41.3 Å². The first-order valence-electron chi connectivity index (χ1n) is 5.27. The third-order valence-corrected chi connectivity index (χ3v) is 2.40. The maximum absolute atomic E-state index is 10.7. The van der Waals surface area contributed by atoms with Crippen LogP contribution in [0.4, 0.5) is 0 Å². The van der Waals surface area contributed by atoms with Gasteiger partial charge in [-0.2, -0.15) is 0 Å². The van der Waals surface area contributed by atoms with Gasteiger partial charge in [-0.3, -0.25) is 0 Å². The summed E-state index contributed by atoms with van der Waals surface area (Å²) in [6.45, 7) is 0.113. The molecule has 0 spiro atoms. The Labute approximate surface area is 94.2 Å². The van der Waals surface area contributed by atoms with E-state index in [4.69, 9.17) is 10.2 Å². The third-order valence-electron chi connectivity index (χ3n) is 2.40. The average Bonchev–Trinajstić information content (AvgIpc) is 2.29. The fourth-order valence-electron chi connectivity index (χ4n) is 1.50. The van der Waals surface area contributed by atoms with Crippen LogP contribution in [0.15, 0.2) is 24.3 Å². The van der Waals surface area contributed by atoms with Crippen molar-refractivity contribution in [2.24, 2.45) is 0 Å². The molecule has 0 saturated heterocycles. The van der Waals surface area contributed by atoms with Gasteiger partial charge in [0.2, 0.25) is 0 Å². The predicted molar refractivity (Wildman–Crippen MR) is 59.3 cm³/mol. The summed E-state index contributed by atoms with van der Waals surface area (Å²) in [5, 5.41) is 27.2. The van der Waals surface area contributed by atoms with Crippen LogP contribution in [0.3, 0.4) is 0 Å². The molecular weight excluding hydrogens is 208 g/mol. The number of aromatic carboxylic acids is 1. The molecule has 4 nitrogen and oxygen atoms in total. The minimum absolute atomic E-state index is 0.113. The Morgan fingerprint density at radius 3 is 2.69 bits per heavy atom. The Kier molecular flexibility index (Phi) is 4.95. The molecule has 0 fully saturated rings. The van der Waals surface area contributed by atoms with Crippen LogP contribution in [-0.2, 0) is 0 Å². The third kappa shape index (κ3) is 3.64. The molecule has 1 rings (SSSR count). The van der Waals surface area contributed by atoms with E-state index in [1.165, 1.54) is 12.1 Å². The van der Waals surface area contributed by atoms with E-state index in [0.717, 1.165) is 6.42 Å². The molecule has 0 amide bonds. The lowest BCUT2D eigenvalue weighted by Gasteiger charge is -2.10. The quantitative estimate of drug-likeness (QED) is 0.641. The van der Waals surface area contributed by atoms with Crippen LogP contribution in [0, 0.1) is 0 Å². The maximum atomic E-state index is 10.7. The number of benzene rings is 1. The highest BCUT2D eigenvalue weighted by Crippen LogP contribution is 2.20. The van der Waals surface area contributed by atoms with E-state index in [1.54, 1.807) is 12.1 Å². The van der Waals surface area contributed by atoms with Crippen LogP contribution < -0.4 is 0 Å². The van der Waals surface area contributed by atoms with Gasteiger partial charge in [0.25, 0.3) is 0 Å². The van der Waals surface area contributed by atoms with Crippen molar-refractivity contribution >= 4 is 5.97 Å². The normalized spacial score (nSPS) is 12.4. The summed E-state index contributed by atoms with van der Waals surface area (Å²) in [5.74, 6) is -0.996. The monoisotopic (exact) mass is 224 g/mol. The smallest absolute Gasteiger partial charge is 0.335 e. The van der Waals surface area contributed by atoms with Crippen molar-refractivity contribution in [2.45, 2.75) is 25.4 Å². The van der Waals surface area contributed by atoms with Gasteiger partial charge in [0.05, 0.1) is 11.7 Å². The standard InChI is InChI=1S/C12H16O4/c13-7-2-1-6-11(14)9-4-3-5-10(8-9)12(15)16/h3-5,8,11,13-14H,1-2,6-7H2,(H,15,16). The van der Waals surface area contributed by atoms with Gasteiger partial charge >= 0.3 is 5.97 Å². The molecule has 16 heavy (non-hydrogen) atoms. The Balaban J connectivity index is 2.64. The first-order chi connectivity index (χ1) is 7.65. The molecule has 3 N–H and O–H groups in total. The minimum Gasteiger partial charge on any atom is -0.478 e. The fourth-order valence-corrected chi connectivity index (χ4v) is 1.50. The summed E-state index contributed by atoms with van der Waals surface area (Å²) in [7, 11) is 0. The van der Waals surface area contributed by atoms with Crippen molar-refractivity contribution in [3.63, 3.8) is 0 Å². The van der Waals surface area contributed by atoms with Gasteiger partial charge in [-0.15, -0.1) is 0 Å². The van der Waals surface area contributed by atoms with E-state index in [0.29, 0.717) is 18.4 Å². The molecule has 0 aromatic heterocycles. The van der Waals surface area contributed by atoms with Gasteiger partial charge in [0.15, 0.2) is 0 Å². The van der Waals surface area contributed by atoms with Crippen molar-refractivity contribution in [1.82, 2.24) is 0 Å². The molecule has 1 aromatic rings. The van der Waals surface area contributed by atoms with E-state index in [9.17, 15) is 9.90 Å². The van der Waals surface area contributed by atoms with Crippen LogP contribution in [0.5, 0.6) is 0 Å². The molecule has 88 valence electrons. The lowest BCUT2D eigenvalue weighted by atomic mass is 10.0. The average molecular weight is 224 g/mol. The van der Waals surface area contributed by atoms with Gasteiger partial charge < -0.3 is 15.3 Å². The van der Waals surface area contributed by atoms with Crippen molar-refractivity contribution in [2.75, 3.05) is 6.61 Å². The number of hydrogen-bond acceptors (Lipinski definition) is 3. The van der Waals surface area contributed by atoms with Crippen LogP contribution >= 0.6 is 0 Å². The van der Waals surface area contributed by atoms with Gasteiger partial charge in [0.1, 0.15) is 0 Å². The summed E-state index contributed by atoms with van der Waals surface area (Å²) in [4.78, 5) is 10.7. The van der Waals surface area contributed by atoms with E-state index in [2.05, 4.69) is 0 Å². The molecule has 4 heteroatoms. The summed E-state index contributed by atoms with van der Waals surface area (Å²) >= 11 is 0. The number of rotatable bonds is 6. The zero-order valence-electron chi connectivity index (χ0n) is 8.97. The van der Waals surface area contributed by atoms with Gasteiger partial charge in [-0.05, 0) is 37.0 Å². The van der Waals surface area contributed by atoms with Gasteiger partial charge in [-0.25, -0.2) is 4.79 Å². The number of carboxylic acids is 1. The molecule has 0 aliphatic carbocycles. The topological polar surface area (TPSA) is 77.8 Å². The van der Waals surface area contributed by atoms with E-state index < -0.39 is 12.1 Å². The number of aliphatic hydroxyl groups is 2. The van der Waals surface area contributed by atoms with Gasteiger partial charge in [0, 0.05) is 6.61 Å². The SMILES string of the molecule is O=C(O)c1cccc(C(O)CCCCO)c1. The molecule has 0 bridgehead atoms. The molecule has 1 aromatic carbocycles. The first-order valence-corrected chi connectivity index (χ1v) is 5.27. The molecule has 0 radical (unpaired) electrons. The highest BCUT2D eigenvalue weighted by molar-refractivity contribution is 5.87. The van der Waals surface area contributed by atoms with Crippen LogP contribution in [0.25, 0.3) is 0 Å². The number of carboxylic acid groups (broad SMARTS) is 1. The Hall–Kier alpha value is -1.39. The second-order valence-corrected chi connectivity index (χ2v) is 3.67. The number of aliphatic hydroxyl groups excluding tert-OH is 2. The second kappa shape index (κ2) is 6.25. The number of carbonyl (C=O) groups is 1. The fraction of sp³-hybridized carbons (Fsp3) is 0.417. The highest BCUT2D eigenvalue weighted by atomic mass is 16.4. The predicted octanol–water partition coefficient (Wildman–Crippen LogP) is 1.58. The molecule has 0 saturated carbocycles. The lowest BCUT2D eigenvalue weighted by molar-refractivity contribution is 0.0696. The van der Waals surface area contributed by atoms with Gasteiger partial charge in [-0.1, -0.05) is 12.1 Å². The van der Waals surface area contributed by atoms with E-state index in [1.807, 2.05) is 0 Å². The second-order valence-electron chi connectivity index (χ2n) is 3.67. The molecule has 0 aliphatic rings. The van der Waals surface area contributed by atoms with E-state index in [-0.39, 0.29) is 12.2 Å². The summed E-state index contributed by atoms with van der Waals surface area (Å²) in [5.41, 5.74) is 0.788. The van der Waals surface area contributed by atoms with Crippen molar-refractivity contribution in [3.05, 3.63) is 35.4 Å². The number of hydrogen-bond donors (Lipinski definition) is 3. The van der Waals surface area contributed by atoms with Crippen molar-refractivity contribution in [1.29, 1.82) is 0 Å².